The fraction of sp³-hybridized carbons (Fsp3) is 0.850. The number of hydrogen-bond donors (Lipinski definition) is 1. The number of amides is 1. The molecular formula is C20H35NO3. The molecule has 0 radical (unpaired) electrons. The Labute approximate surface area is 147 Å². The number of rotatable bonds is 6. The summed E-state index contributed by atoms with van der Waals surface area (Å²) < 4.78 is 11.9. The van der Waals surface area contributed by atoms with Crippen molar-refractivity contribution in [2.24, 2.45) is 23.2 Å². The monoisotopic (exact) mass is 337 g/mol. The quantitative estimate of drug-likeness (QED) is 0.724. The van der Waals surface area contributed by atoms with Crippen LogP contribution in [0.2, 0.25) is 0 Å². The van der Waals surface area contributed by atoms with Gasteiger partial charge < -0.3 is 14.8 Å². The maximum Gasteiger partial charge on any atom is 0.407 e. The molecule has 1 aliphatic carbocycles. The average Bonchev–Trinajstić information content (AvgIpc) is 2.49. The molecule has 0 aromatic carbocycles. The van der Waals surface area contributed by atoms with Crippen molar-refractivity contribution >= 4 is 6.09 Å². The first-order chi connectivity index (χ1) is 11.3. The highest BCUT2D eigenvalue weighted by Crippen LogP contribution is 2.53. The van der Waals surface area contributed by atoms with Crippen molar-refractivity contribution in [2.45, 2.75) is 73.0 Å². The minimum absolute atomic E-state index is 0.0899. The lowest BCUT2D eigenvalue weighted by atomic mass is 9.56. The number of hydrogen-bond acceptors (Lipinski definition) is 3. The van der Waals surface area contributed by atoms with Gasteiger partial charge in [-0.1, -0.05) is 45.3 Å². The summed E-state index contributed by atoms with van der Waals surface area (Å²) in [5.74, 6) is 1.25. The summed E-state index contributed by atoms with van der Waals surface area (Å²) in [4.78, 5) is 11.9. The summed E-state index contributed by atoms with van der Waals surface area (Å²) in [7, 11) is 0. The first kappa shape index (κ1) is 19.3. The molecule has 138 valence electrons. The average molecular weight is 338 g/mol. The van der Waals surface area contributed by atoms with E-state index in [2.05, 4.69) is 39.1 Å². The van der Waals surface area contributed by atoms with Gasteiger partial charge >= 0.3 is 6.09 Å². The third-order valence-corrected chi connectivity index (χ3v) is 6.08. The molecule has 0 saturated carbocycles. The highest BCUT2D eigenvalue weighted by Gasteiger charge is 2.53. The molecule has 4 nitrogen and oxygen atoms in total. The Bertz CT molecular complexity index is 474. The molecule has 2 aliphatic rings. The van der Waals surface area contributed by atoms with Crippen molar-refractivity contribution in [3.05, 3.63) is 11.6 Å². The number of alkyl carbamates (subject to hydrolysis) is 1. The Balaban J connectivity index is 2.13. The summed E-state index contributed by atoms with van der Waals surface area (Å²) in [5.41, 5.74) is 1.33. The minimum Gasteiger partial charge on any atom is -0.449 e. The Morgan fingerprint density at radius 1 is 1.46 bits per heavy atom. The Morgan fingerprint density at radius 3 is 2.79 bits per heavy atom. The molecule has 1 amide bonds. The number of carbonyl (C=O) groups is 1. The zero-order valence-electron chi connectivity index (χ0n) is 16.2. The van der Waals surface area contributed by atoms with Gasteiger partial charge in [-0.15, -0.1) is 0 Å². The van der Waals surface area contributed by atoms with Crippen LogP contribution in [0.1, 0.15) is 60.8 Å². The van der Waals surface area contributed by atoms with Crippen LogP contribution < -0.4 is 5.32 Å². The largest absolute Gasteiger partial charge is 0.449 e. The molecule has 24 heavy (non-hydrogen) atoms. The third-order valence-electron chi connectivity index (χ3n) is 6.08. The number of nitrogens with one attached hydrogen (secondary N) is 1. The van der Waals surface area contributed by atoms with Crippen LogP contribution in [-0.2, 0) is 9.47 Å². The Kier molecular flexibility index (Phi) is 6.35. The summed E-state index contributed by atoms with van der Waals surface area (Å²) >= 11 is 0. The fourth-order valence-corrected chi connectivity index (χ4v) is 4.53. The maximum atomic E-state index is 11.9. The molecule has 0 unspecified atom stereocenters. The molecule has 1 heterocycles. The molecule has 5 atom stereocenters. The highest BCUT2D eigenvalue weighted by atomic mass is 16.6. The molecule has 1 fully saturated rings. The zero-order chi connectivity index (χ0) is 17.9. The van der Waals surface area contributed by atoms with Gasteiger partial charge in [-0.05, 0) is 39.0 Å². The second-order valence-corrected chi connectivity index (χ2v) is 8.11. The van der Waals surface area contributed by atoms with Gasteiger partial charge in [0.2, 0.25) is 0 Å². The van der Waals surface area contributed by atoms with Crippen LogP contribution in [-0.4, -0.2) is 31.5 Å². The van der Waals surface area contributed by atoms with E-state index in [1.165, 1.54) is 18.4 Å². The van der Waals surface area contributed by atoms with Crippen LogP contribution in [0.4, 0.5) is 4.79 Å². The van der Waals surface area contributed by atoms with Crippen molar-refractivity contribution in [3.8, 4) is 0 Å². The SMILES string of the molecule is CCCC[C@@H]1OC[C@@]2(COC(=O)NC(C)C)[C@@H](C)C=C(C)[C@@H]1[C@@H]2C. The second-order valence-electron chi connectivity index (χ2n) is 8.11. The Morgan fingerprint density at radius 2 is 2.17 bits per heavy atom. The number of carbonyl (C=O) groups excluding carboxylic acids is 1. The number of unbranched alkanes of at least 4 members (excludes halogenated alkanes) is 1. The van der Waals surface area contributed by atoms with Crippen molar-refractivity contribution in [1.29, 1.82) is 0 Å². The number of allylic oxidation sites excluding steroid dienone is 1. The van der Waals surface area contributed by atoms with E-state index in [0.717, 1.165) is 6.42 Å². The molecule has 2 bridgehead atoms. The van der Waals surface area contributed by atoms with Gasteiger partial charge in [-0.3, -0.25) is 0 Å². The first-order valence-corrected chi connectivity index (χ1v) is 9.55. The molecular weight excluding hydrogens is 302 g/mol. The van der Waals surface area contributed by atoms with Crippen LogP contribution in [0.5, 0.6) is 0 Å². The van der Waals surface area contributed by atoms with Crippen LogP contribution in [0.15, 0.2) is 11.6 Å². The fourth-order valence-electron chi connectivity index (χ4n) is 4.53. The van der Waals surface area contributed by atoms with E-state index in [-0.39, 0.29) is 17.6 Å². The predicted octanol–water partition coefficient (Wildman–Crippen LogP) is 4.54. The third kappa shape index (κ3) is 3.79. The zero-order valence-corrected chi connectivity index (χ0v) is 16.2. The first-order valence-electron chi connectivity index (χ1n) is 9.55. The summed E-state index contributed by atoms with van der Waals surface area (Å²) in [5, 5.41) is 2.81. The number of fused-ring (bicyclic) bond motifs is 2. The van der Waals surface area contributed by atoms with Gasteiger partial charge in [0.15, 0.2) is 0 Å². The lowest BCUT2D eigenvalue weighted by Gasteiger charge is -2.55. The van der Waals surface area contributed by atoms with Gasteiger partial charge in [0.25, 0.3) is 0 Å². The lowest BCUT2D eigenvalue weighted by molar-refractivity contribution is -0.165. The molecule has 1 saturated heterocycles. The molecule has 1 aliphatic heterocycles. The smallest absolute Gasteiger partial charge is 0.407 e. The normalized spacial score (nSPS) is 35.5. The van der Waals surface area contributed by atoms with E-state index in [1.807, 2.05) is 13.8 Å². The van der Waals surface area contributed by atoms with Crippen LogP contribution in [0.3, 0.4) is 0 Å². The molecule has 4 heteroatoms. The number of ether oxygens (including phenoxy) is 2. The van der Waals surface area contributed by atoms with Gasteiger partial charge in [-0.2, -0.15) is 0 Å². The van der Waals surface area contributed by atoms with Crippen LogP contribution in [0.25, 0.3) is 0 Å². The van der Waals surface area contributed by atoms with E-state index in [4.69, 9.17) is 9.47 Å². The van der Waals surface area contributed by atoms with E-state index < -0.39 is 0 Å². The van der Waals surface area contributed by atoms with Gasteiger partial charge in [0, 0.05) is 17.4 Å². The van der Waals surface area contributed by atoms with Gasteiger partial charge in [0.05, 0.1) is 12.7 Å². The van der Waals surface area contributed by atoms with E-state index in [1.54, 1.807) is 0 Å². The lowest BCUT2D eigenvalue weighted by Crippen LogP contribution is -2.57. The van der Waals surface area contributed by atoms with Crippen LogP contribution >= 0.6 is 0 Å². The molecule has 0 spiro atoms. The van der Waals surface area contributed by atoms with Crippen LogP contribution in [0, 0.1) is 23.2 Å². The minimum atomic E-state index is -0.324. The summed E-state index contributed by atoms with van der Waals surface area (Å²) in [6.45, 7) is 14.0. The van der Waals surface area contributed by atoms with E-state index in [9.17, 15) is 4.79 Å². The van der Waals surface area contributed by atoms with Crippen molar-refractivity contribution in [2.75, 3.05) is 13.2 Å². The van der Waals surface area contributed by atoms with Crippen molar-refractivity contribution < 1.29 is 14.3 Å². The predicted molar refractivity (Wildman–Crippen MR) is 96.9 cm³/mol. The highest BCUT2D eigenvalue weighted by molar-refractivity contribution is 5.67. The van der Waals surface area contributed by atoms with E-state index in [0.29, 0.717) is 37.1 Å². The van der Waals surface area contributed by atoms with Crippen molar-refractivity contribution in [3.63, 3.8) is 0 Å². The van der Waals surface area contributed by atoms with Gasteiger partial charge in [0.1, 0.15) is 6.61 Å². The molecule has 0 aromatic rings. The second kappa shape index (κ2) is 7.90. The molecule has 2 rings (SSSR count). The standard InChI is InChI=1S/C20H35NO3/c1-7-8-9-17-18-14(4)10-15(5)20(11-23-17,16(18)6)12-24-19(22)21-13(2)3/h10,13,15-18H,7-9,11-12H2,1-6H3,(H,21,22)/t15-,16-,17-,18+,20+/m0/s1. The topological polar surface area (TPSA) is 47.6 Å². The van der Waals surface area contributed by atoms with E-state index >= 15 is 0 Å². The summed E-state index contributed by atoms with van der Waals surface area (Å²) in [6.07, 6.45) is 5.89. The van der Waals surface area contributed by atoms with Crippen molar-refractivity contribution in [1.82, 2.24) is 5.32 Å². The summed E-state index contributed by atoms with van der Waals surface area (Å²) in [6, 6.07) is 0.0899. The van der Waals surface area contributed by atoms with Gasteiger partial charge in [-0.25, -0.2) is 4.79 Å². The molecule has 1 N–H and O–H groups in total. The maximum absolute atomic E-state index is 11.9. The molecule has 0 aromatic heterocycles. The Hall–Kier alpha value is -1.03.